The second-order valence-electron chi connectivity index (χ2n) is 3.49. The highest BCUT2D eigenvalue weighted by Crippen LogP contribution is 2.28. The van der Waals surface area contributed by atoms with Crippen LogP contribution in [0.2, 0.25) is 5.02 Å². The quantitative estimate of drug-likeness (QED) is 0.924. The maximum Gasteiger partial charge on any atom is 0.0478 e. The largest absolute Gasteiger partial charge is 0.329 e. The van der Waals surface area contributed by atoms with Gasteiger partial charge in [-0.05, 0) is 31.3 Å². The minimum Gasteiger partial charge on any atom is -0.329 e. The van der Waals surface area contributed by atoms with E-state index in [0.717, 1.165) is 16.0 Å². The summed E-state index contributed by atoms with van der Waals surface area (Å²) in [4.78, 5) is 2.22. The van der Waals surface area contributed by atoms with E-state index in [1.807, 2.05) is 18.2 Å². The number of nitrogens with two attached hydrogens (primary N) is 1. The number of halogens is 2. The second-order valence-corrected chi connectivity index (χ2v) is 4.78. The monoisotopic (exact) mass is 290 g/mol. The molecule has 0 aliphatic carbocycles. The topological polar surface area (TPSA) is 29.3 Å². The van der Waals surface area contributed by atoms with E-state index >= 15 is 0 Å². The Morgan fingerprint density at radius 2 is 2.20 bits per heavy atom. The van der Waals surface area contributed by atoms with Crippen LogP contribution in [0.15, 0.2) is 22.7 Å². The van der Waals surface area contributed by atoms with E-state index in [0.29, 0.717) is 6.54 Å². The molecule has 0 aromatic heterocycles. The molecule has 2 nitrogen and oxygen atoms in total. The Morgan fingerprint density at radius 3 is 2.67 bits per heavy atom. The van der Waals surface area contributed by atoms with Crippen molar-refractivity contribution >= 4 is 27.5 Å². The van der Waals surface area contributed by atoms with Crippen molar-refractivity contribution < 1.29 is 0 Å². The van der Waals surface area contributed by atoms with Crippen LogP contribution in [0.3, 0.4) is 0 Å². The molecule has 0 saturated heterocycles. The van der Waals surface area contributed by atoms with Gasteiger partial charge in [0.1, 0.15) is 0 Å². The Hall–Kier alpha value is -0.0900. The average Bonchev–Trinajstić information content (AvgIpc) is 2.21. The highest BCUT2D eigenvalue weighted by molar-refractivity contribution is 9.10. The van der Waals surface area contributed by atoms with Crippen LogP contribution in [0.25, 0.3) is 0 Å². The first-order valence-corrected chi connectivity index (χ1v) is 6.12. The molecule has 0 spiro atoms. The Morgan fingerprint density at radius 1 is 1.53 bits per heavy atom. The molecule has 4 heteroatoms. The third kappa shape index (κ3) is 3.18. The molecule has 84 valence electrons. The van der Waals surface area contributed by atoms with Crippen molar-refractivity contribution in [3.05, 3.63) is 33.3 Å². The van der Waals surface area contributed by atoms with Gasteiger partial charge in [-0.2, -0.15) is 0 Å². The number of rotatable bonds is 4. The molecular weight excluding hydrogens is 275 g/mol. The lowest BCUT2D eigenvalue weighted by molar-refractivity contribution is 0.263. The van der Waals surface area contributed by atoms with Gasteiger partial charge in [-0.1, -0.05) is 40.5 Å². The third-order valence-electron chi connectivity index (χ3n) is 2.58. The van der Waals surface area contributed by atoms with Gasteiger partial charge in [0.25, 0.3) is 0 Å². The van der Waals surface area contributed by atoms with E-state index < -0.39 is 0 Å². The number of hydrogen-bond acceptors (Lipinski definition) is 2. The Kier molecular flexibility index (Phi) is 5.06. The fraction of sp³-hybridized carbons (Fsp3) is 0.455. The molecule has 15 heavy (non-hydrogen) atoms. The minimum atomic E-state index is 0.238. The summed E-state index contributed by atoms with van der Waals surface area (Å²) in [7, 11) is 2.07. The molecule has 1 unspecified atom stereocenters. The predicted octanol–water partition coefficient (Wildman–Crippen LogP) is 3.05. The van der Waals surface area contributed by atoms with Crippen molar-refractivity contribution in [3.63, 3.8) is 0 Å². The average molecular weight is 292 g/mol. The fourth-order valence-corrected chi connectivity index (χ4v) is 2.48. The summed E-state index contributed by atoms with van der Waals surface area (Å²) in [5, 5.41) is 0.737. The number of nitrogens with zero attached hydrogens (tertiary/aromatic N) is 1. The number of hydrogen-bond donors (Lipinski definition) is 1. The summed E-state index contributed by atoms with van der Waals surface area (Å²) in [6, 6.07) is 6.06. The van der Waals surface area contributed by atoms with Gasteiger partial charge < -0.3 is 5.73 Å². The van der Waals surface area contributed by atoms with Crippen LogP contribution in [0.5, 0.6) is 0 Å². The van der Waals surface area contributed by atoms with Crippen molar-refractivity contribution in [1.82, 2.24) is 4.90 Å². The van der Waals surface area contributed by atoms with E-state index in [2.05, 4.69) is 34.8 Å². The molecule has 0 amide bonds. The molecule has 1 aromatic rings. The van der Waals surface area contributed by atoms with Crippen LogP contribution >= 0.6 is 27.5 Å². The number of benzene rings is 1. The number of likely N-dealkylation sites (N-methyl/N-ethyl adjacent to an activating group) is 1. The molecule has 0 fully saturated rings. The van der Waals surface area contributed by atoms with Crippen molar-refractivity contribution in [2.75, 3.05) is 20.1 Å². The summed E-state index contributed by atoms with van der Waals surface area (Å²) in [6.07, 6.45) is 0. The molecule has 0 aliphatic rings. The Bertz CT molecular complexity index is 330. The molecule has 0 aliphatic heterocycles. The van der Waals surface area contributed by atoms with Gasteiger partial charge >= 0.3 is 0 Å². The predicted molar refractivity (Wildman–Crippen MR) is 69.3 cm³/mol. The first kappa shape index (κ1) is 13.0. The third-order valence-corrected chi connectivity index (χ3v) is 3.50. The molecule has 0 bridgehead atoms. The molecule has 1 atom stereocenters. The molecule has 2 N–H and O–H groups in total. The van der Waals surface area contributed by atoms with Gasteiger partial charge in [0.15, 0.2) is 0 Å². The first-order chi connectivity index (χ1) is 7.10. The highest BCUT2D eigenvalue weighted by Gasteiger charge is 2.16. The molecule has 1 aromatic carbocycles. The lowest BCUT2D eigenvalue weighted by Crippen LogP contribution is -2.30. The van der Waals surface area contributed by atoms with Gasteiger partial charge in [0, 0.05) is 22.1 Å². The van der Waals surface area contributed by atoms with E-state index in [9.17, 15) is 0 Å². The van der Waals surface area contributed by atoms with Crippen LogP contribution < -0.4 is 5.73 Å². The summed E-state index contributed by atoms with van der Waals surface area (Å²) in [6.45, 7) is 3.69. The van der Waals surface area contributed by atoms with Crippen LogP contribution in [0, 0.1) is 0 Å². The van der Waals surface area contributed by atoms with Gasteiger partial charge in [-0.25, -0.2) is 0 Å². The van der Waals surface area contributed by atoms with Crippen molar-refractivity contribution in [2.24, 2.45) is 5.73 Å². The molecule has 0 saturated carbocycles. The van der Waals surface area contributed by atoms with Crippen LogP contribution in [-0.2, 0) is 0 Å². The second kappa shape index (κ2) is 5.85. The smallest absolute Gasteiger partial charge is 0.0478 e. The van der Waals surface area contributed by atoms with E-state index in [1.54, 1.807) is 0 Å². The maximum atomic E-state index is 5.90. The Labute approximate surface area is 105 Å². The highest BCUT2D eigenvalue weighted by atomic mass is 79.9. The lowest BCUT2D eigenvalue weighted by atomic mass is 10.1. The van der Waals surface area contributed by atoms with Gasteiger partial charge in [-0.3, -0.25) is 4.90 Å². The molecule has 1 rings (SSSR count). The van der Waals surface area contributed by atoms with E-state index in [-0.39, 0.29) is 6.04 Å². The van der Waals surface area contributed by atoms with E-state index in [4.69, 9.17) is 17.3 Å². The zero-order chi connectivity index (χ0) is 11.4. The SMILES string of the molecule is CCN(C)C(CN)c1ccc(Cl)cc1Br. The summed E-state index contributed by atoms with van der Waals surface area (Å²) < 4.78 is 1.02. The van der Waals surface area contributed by atoms with Gasteiger partial charge in [-0.15, -0.1) is 0 Å². The minimum absolute atomic E-state index is 0.238. The van der Waals surface area contributed by atoms with Gasteiger partial charge in [0.05, 0.1) is 0 Å². The summed E-state index contributed by atoms with van der Waals surface area (Å²) >= 11 is 9.42. The normalized spacial score (nSPS) is 13.2. The lowest BCUT2D eigenvalue weighted by Gasteiger charge is -2.26. The molecular formula is C11H16BrClN2. The van der Waals surface area contributed by atoms with Crippen LogP contribution in [0.4, 0.5) is 0 Å². The maximum absolute atomic E-state index is 5.90. The zero-order valence-electron chi connectivity index (χ0n) is 9.00. The zero-order valence-corrected chi connectivity index (χ0v) is 11.3. The van der Waals surface area contributed by atoms with Crippen molar-refractivity contribution in [1.29, 1.82) is 0 Å². The van der Waals surface area contributed by atoms with E-state index in [1.165, 1.54) is 5.56 Å². The molecule has 0 heterocycles. The standard InChI is InChI=1S/C11H16BrClN2/c1-3-15(2)11(7-14)9-5-4-8(13)6-10(9)12/h4-6,11H,3,7,14H2,1-2H3. The van der Waals surface area contributed by atoms with Crippen molar-refractivity contribution in [3.8, 4) is 0 Å². The first-order valence-electron chi connectivity index (χ1n) is 4.95. The summed E-state index contributed by atoms with van der Waals surface area (Å²) in [5.74, 6) is 0. The fourth-order valence-electron chi connectivity index (χ4n) is 1.54. The summed E-state index contributed by atoms with van der Waals surface area (Å²) in [5.41, 5.74) is 6.98. The van der Waals surface area contributed by atoms with Crippen molar-refractivity contribution in [2.45, 2.75) is 13.0 Å². The van der Waals surface area contributed by atoms with Gasteiger partial charge in [0.2, 0.25) is 0 Å². The Balaban J connectivity index is 3.01. The van der Waals surface area contributed by atoms with Crippen LogP contribution in [-0.4, -0.2) is 25.0 Å². The van der Waals surface area contributed by atoms with Crippen LogP contribution in [0.1, 0.15) is 18.5 Å². The molecule has 0 radical (unpaired) electrons.